The molecular formula is C21H26N2O. The lowest BCUT2D eigenvalue weighted by Gasteiger charge is -2.50. The Balaban J connectivity index is 1.59. The van der Waals surface area contributed by atoms with Crippen LogP contribution in [0.4, 0.5) is 0 Å². The average Bonchev–Trinajstić information content (AvgIpc) is 2.65. The molecule has 3 aliphatic heterocycles. The van der Waals surface area contributed by atoms with Gasteiger partial charge >= 0.3 is 0 Å². The second-order valence-electron chi connectivity index (χ2n) is 7.21. The molecule has 3 fully saturated rings. The molecule has 5 atom stereocenters. The normalized spacial score (nSPS) is 30.9. The molecule has 1 N–H and O–H groups in total. The molecule has 3 heteroatoms. The molecule has 5 rings (SSSR count). The second-order valence-corrected chi connectivity index (χ2v) is 7.21. The number of aliphatic hydroxyl groups excluding tert-OH is 1. The first kappa shape index (κ1) is 15.8. The van der Waals surface area contributed by atoms with Crippen LogP contribution in [0.25, 0.3) is 10.9 Å². The van der Waals surface area contributed by atoms with Crippen LogP contribution in [0.5, 0.6) is 0 Å². The van der Waals surface area contributed by atoms with Gasteiger partial charge in [-0.1, -0.05) is 37.3 Å². The van der Waals surface area contributed by atoms with Gasteiger partial charge in [0.05, 0.1) is 11.6 Å². The number of pyridine rings is 1. The molecule has 1 aromatic carbocycles. The summed E-state index contributed by atoms with van der Waals surface area (Å²) in [6, 6.07) is 10.3. The van der Waals surface area contributed by atoms with Crippen LogP contribution in [-0.2, 0) is 0 Å². The number of benzene rings is 1. The van der Waals surface area contributed by atoms with Crippen molar-refractivity contribution in [2.24, 2.45) is 11.8 Å². The number of fused-ring (bicyclic) bond motifs is 4. The standard InChI is InChI=1S/C21H26N2O/c1-2-3-6-16-14-23-12-10-15(16)13-20(23)21(24)18-9-11-22-19-8-5-4-7-17(18)19/h3-9,11,15-16,20-21,24H,2,10,12-14H2,1H3/b6-3+/t15-,16-,20+,21-/m0/s1. The number of allylic oxidation sites excluding steroid dienone is 1. The molecular weight excluding hydrogens is 296 g/mol. The van der Waals surface area contributed by atoms with Gasteiger partial charge in [0.2, 0.25) is 0 Å². The molecule has 4 heterocycles. The van der Waals surface area contributed by atoms with Crippen LogP contribution in [0.15, 0.2) is 48.7 Å². The van der Waals surface area contributed by atoms with Crippen molar-refractivity contribution in [1.29, 1.82) is 0 Å². The maximum absolute atomic E-state index is 11.1. The summed E-state index contributed by atoms with van der Waals surface area (Å²) in [4.78, 5) is 6.93. The van der Waals surface area contributed by atoms with E-state index in [0.29, 0.717) is 11.8 Å². The summed E-state index contributed by atoms with van der Waals surface area (Å²) < 4.78 is 0. The number of hydrogen-bond acceptors (Lipinski definition) is 3. The van der Waals surface area contributed by atoms with E-state index in [2.05, 4.69) is 35.0 Å². The molecule has 0 amide bonds. The van der Waals surface area contributed by atoms with Gasteiger partial charge in [-0.2, -0.15) is 0 Å². The van der Waals surface area contributed by atoms with E-state index in [0.717, 1.165) is 42.4 Å². The van der Waals surface area contributed by atoms with Crippen molar-refractivity contribution < 1.29 is 5.11 Å². The van der Waals surface area contributed by atoms with Crippen LogP contribution >= 0.6 is 0 Å². The summed E-state index contributed by atoms with van der Waals surface area (Å²) in [5.41, 5.74) is 1.99. The van der Waals surface area contributed by atoms with E-state index < -0.39 is 6.10 Å². The molecule has 3 saturated heterocycles. The Kier molecular flexibility index (Phi) is 4.38. The fourth-order valence-electron chi connectivity index (χ4n) is 4.55. The molecule has 0 radical (unpaired) electrons. The molecule has 1 unspecified atom stereocenters. The first-order valence-electron chi connectivity index (χ1n) is 9.20. The van der Waals surface area contributed by atoms with E-state index in [1.54, 1.807) is 0 Å². The van der Waals surface area contributed by atoms with E-state index in [9.17, 15) is 5.11 Å². The minimum atomic E-state index is -0.434. The molecule has 24 heavy (non-hydrogen) atoms. The molecule has 0 aliphatic carbocycles. The number of nitrogens with zero attached hydrogens (tertiary/aromatic N) is 2. The number of aliphatic hydroxyl groups is 1. The van der Waals surface area contributed by atoms with Crippen LogP contribution in [0.1, 0.15) is 37.9 Å². The smallest absolute Gasteiger partial charge is 0.0952 e. The highest BCUT2D eigenvalue weighted by atomic mass is 16.3. The fourth-order valence-corrected chi connectivity index (χ4v) is 4.55. The molecule has 2 aromatic rings. The zero-order valence-corrected chi connectivity index (χ0v) is 14.3. The quantitative estimate of drug-likeness (QED) is 0.866. The summed E-state index contributed by atoms with van der Waals surface area (Å²) in [5, 5.41) is 12.2. The van der Waals surface area contributed by atoms with Crippen LogP contribution < -0.4 is 0 Å². The van der Waals surface area contributed by atoms with Crippen molar-refractivity contribution in [3.63, 3.8) is 0 Å². The molecule has 2 bridgehead atoms. The topological polar surface area (TPSA) is 36.4 Å². The lowest BCUT2D eigenvalue weighted by Crippen LogP contribution is -2.54. The molecule has 126 valence electrons. The van der Waals surface area contributed by atoms with E-state index in [1.807, 2.05) is 30.5 Å². The van der Waals surface area contributed by atoms with E-state index in [-0.39, 0.29) is 6.04 Å². The number of hydrogen-bond donors (Lipinski definition) is 1. The number of piperidine rings is 3. The van der Waals surface area contributed by atoms with Crippen LogP contribution in [0, 0.1) is 11.8 Å². The first-order chi connectivity index (χ1) is 11.8. The Labute approximate surface area is 144 Å². The van der Waals surface area contributed by atoms with Gasteiger partial charge in [0.25, 0.3) is 0 Å². The molecule has 1 aromatic heterocycles. The highest BCUT2D eigenvalue weighted by Crippen LogP contribution is 2.42. The van der Waals surface area contributed by atoms with Crippen molar-refractivity contribution in [3.8, 4) is 0 Å². The summed E-state index contributed by atoms with van der Waals surface area (Å²) in [5.74, 6) is 1.38. The molecule has 0 spiro atoms. The summed E-state index contributed by atoms with van der Waals surface area (Å²) in [6.45, 7) is 4.40. The van der Waals surface area contributed by atoms with Crippen LogP contribution in [0.3, 0.4) is 0 Å². The Morgan fingerprint density at radius 3 is 3.00 bits per heavy atom. The first-order valence-corrected chi connectivity index (χ1v) is 9.20. The molecule has 0 saturated carbocycles. The van der Waals surface area contributed by atoms with Crippen LogP contribution in [-0.4, -0.2) is 34.1 Å². The number of rotatable bonds is 4. The molecule has 3 aliphatic rings. The third kappa shape index (κ3) is 2.76. The van der Waals surface area contributed by atoms with Crippen molar-refractivity contribution in [3.05, 3.63) is 54.2 Å². The van der Waals surface area contributed by atoms with E-state index >= 15 is 0 Å². The van der Waals surface area contributed by atoms with Gasteiger partial charge in [0, 0.05) is 24.2 Å². The fraction of sp³-hybridized carbons (Fsp3) is 0.476. The van der Waals surface area contributed by atoms with Crippen molar-refractivity contribution in [2.45, 2.75) is 38.3 Å². The Bertz CT molecular complexity index is 736. The third-order valence-electron chi connectivity index (χ3n) is 5.84. The highest BCUT2D eigenvalue weighted by Gasteiger charge is 2.42. The summed E-state index contributed by atoms with van der Waals surface area (Å²) in [6.07, 6.45) is 9.56. The Morgan fingerprint density at radius 2 is 2.21 bits per heavy atom. The minimum absolute atomic E-state index is 0.237. The van der Waals surface area contributed by atoms with Gasteiger partial charge in [0.15, 0.2) is 0 Å². The largest absolute Gasteiger partial charge is 0.387 e. The van der Waals surface area contributed by atoms with Gasteiger partial charge in [-0.25, -0.2) is 0 Å². The lowest BCUT2D eigenvalue weighted by atomic mass is 9.73. The highest BCUT2D eigenvalue weighted by molar-refractivity contribution is 5.82. The summed E-state index contributed by atoms with van der Waals surface area (Å²) >= 11 is 0. The van der Waals surface area contributed by atoms with Crippen molar-refractivity contribution in [2.75, 3.05) is 13.1 Å². The van der Waals surface area contributed by atoms with Gasteiger partial charge < -0.3 is 5.11 Å². The zero-order valence-electron chi connectivity index (χ0n) is 14.3. The zero-order chi connectivity index (χ0) is 16.5. The van der Waals surface area contributed by atoms with E-state index in [4.69, 9.17) is 0 Å². The van der Waals surface area contributed by atoms with Gasteiger partial charge in [-0.3, -0.25) is 9.88 Å². The Morgan fingerprint density at radius 1 is 1.33 bits per heavy atom. The molecule has 3 nitrogen and oxygen atoms in total. The lowest BCUT2D eigenvalue weighted by molar-refractivity contribution is -0.0446. The van der Waals surface area contributed by atoms with E-state index in [1.165, 1.54) is 6.42 Å². The average molecular weight is 322 g/mol. The predicted octanol–water partition coefficient (Wildman–Crippen LogP) is 3.94. The van der Waals surface area contributed by atoms with Crippen molar-refractivity contribution >= 4 is 10.9 Å². The number of aromatic nitrogens is 1. The van der Waals surface area contributed by atoms with Gasteiger partial charge in [-0.15, -0.1) is 0 Å². The SMILES string of the molecule is CC/C=C/[C@H]1CN2CC[C@H]1C[C@@H]2[C@@H](O)c1ccnc2ccccc12. The predicted molar refractivity (Wildman–Crippen MR) is 97.7 cm³/mol. The monoisotopic (exact) mass is 322 g/mol. The van der Waals surface area contributed by atoms with Crippen molar-refractivity contribution in [1.82, 2.24) is 9.88 Å². The number of para-hydroxylation sites is 1. The maximum Gasteiger partial charge on any atom is 0.0952 e. The summed E-state index contributed by atoms with van der Waals surface area (Å²) in [7, 11) is 0. The Hall–Kier alpha value is -1.71. The second kappa shape index (κ2) is 6.66. The van der Waals surface area contributed by atoms with Gasteiger partial charge in [0.1, 0.15) is 0 Å². The maximum atomic E-state index is 11.1. The third-order valence-corrected chi connectivity index (χ3v) is 5.84. The minimum Gasteiger partial charge on any atom is -0.387 e. The van der Waals surface area contributed by atoms with Gasteiger partial charge in [-0.05, 0) is 55.3 Å². The van der Waals surface area contributed by atoms with Crippen LogP contribution in [0.2, 0.25) is 0 Å².